The van der Waals surface area contributed by atoms with Crippen molar-refractivity contribution < 1.29 is 48.0 Å². The van der Waals surface area contributed by atoms with Crippen molar-refractivity contribution >= 4 is 24.4 Å². The number of carbonyl (C=O) groups excluding carboxylic acids is 4. The molecule has 0 aromatic heterocycles. The van der Waals surface area contributed by atoms with E-state index >= 15 is 0 Å². The van der Waals surface area contributed by atoms with Gasteiger partial charge < -0.3 is 44.3 Å². The summed E-state index contributed by atoms with van der Waals surface area (Å²) in [6.07, 6.45) is 1.08. The van der Waals surface area contributed by atoms with Crippen LogP contribution < -0.4 is 10.6 Å². The summed E-state index contributed by atoms with van der Waals surface area (Å²) >= 11 is 0. The predicted molar refractivity (Wildman–Crippen MR) is 176 cm³/mol. The molecule has 270 valence electrons. The second kappa shape index (κ2) is 19.0. The summed E-state index contributed by atoms with van der Waals surface area (Å²) in [6, 6.07) is 0. The Kier molecular flexibility index (Phi) is 17.8. The monoisotopic (exact) mass is 661 g/mol. The highest BCUT2D eigenvalue weighted by atomic mass is 16.7. The zero-order valence-corrected chi connectivity index (χ0v) is 30.6. The maximum Gasteiger partial charge on any atom is 0.508 e. The third-order valence-corrected chi connectivity index (χ3v) is 6.05. The Morgan fingerprint density at radius 2 is 1.09 bits per heavy atom. The highest BCUT2D eigenvalue weighted by Crippen LogP contribution is 2.32. The molecule has 0 bridgehead atoms. The number of ether oxygens (including phenoxy) is 5. The van der Waals surface area contributed by atoms with Crippen molar-refractivity contribution in [2.45, 2.75) is 144 Å². The topological polar surface area (TPSA) is 162 Å². The third-order valence-electron chi connectivity index (χ3n) is 6.05. The van der Waals surface area contributed by atoms with Gasteiger partial charge in [-0.3, -0.25) is 0 Å². The first-order valence-electron chi connectivity index (χ1n) is 16.2. The van der Waals surface area contributed by atoms with E-state index in [9.17, 15) is 24.3 Å². The van der Waals surface area contributed by atoms with Crippen LogP contribution in [0.25, 0.3) is 0 Å². The molecule has 0 saturated heterocycles. The van der Waals surface area contributed by atoms with Gasteiger partial charge in [0.15, 0.2) is 0 Å². The fourth-order valence-corrected chi connectivity index (χ4v) is 4.25. The lowest BCUT2D eigenvalue weighted by Gasteiger charge is -2.39. The molecule has 13 heteroatoms. The van der Waals surface area contributed by atoms with Crippen LogP contribution in [0.1, 0.15) is 122 Å². The lowest BCUT2D eigenvalue weighted by molar-refractivity contribution is -0.0376. The van der Waals surface area contributed by atoms with Crippen LogP contribution in [0.2, 0.25) is 0 Å². The number of aliphatic hydroxyl groups excluding tert-OH is 1. The number of nitrogens with one attached hydrogen (secondary N) is 2. The van der Waals surface area contributed by atoms with Crippen LogP contribution in [0.15, 0.2) is 0 Å². The summed E-state index contributed by atoms with van der Waals surface area (Å²) < 4.78 is 27.5. The van der Waals surface area contributed by atoms with Crippen LogP contribution in [-0.2, 0) is 23.7 Å². The van der Waals surface area contributed by atoms with Gasteiger partial charge in [0.1, 0.15) is 29.0 Å². The first-order chi connectivity index (χ1) is 20.9. The van der Waals surface area contributed by atoms with Crippen molar-refractivity contribution in [1.82, 2.24) is 15.5 Å². The van der Waals surface area contributed by atoms with Gasteiger partial charge in [0.05, 0.1) is 0 Å². The molecule has 0 aliphatic heterocycles. The SMILES string of the molecule is CC(C)(C)OC(=O)NCCN(CC(CCCCCCO)(CCNC(=O)OC(C)(C)C)COC(=O)OC(C)(C)C)C(=O)OC(C)(C)C. The van der Waals surface area contributed by atoms with Crippen LogP contribution in [0.5, 0.6) is 0 Å². The zero-order valence-electron chi connectivity index (χ0n) is 30.6. The van der Waals surface area contributed by atoms with Gasteiger partial charge in [-0.15, -0.1) is 0 Å². The van der Waals surface area contributed by atoms with Gasteiger partial charge in [-0.25, -0.2) is 19.2 Å². The smallest absolute Gasteiger partial charge is 0.444 e. The number of amides is 3. The molecule has 1 atom stereocenters. The molecule has 13 nitrogen and oxygen atoms in total. The van der Waals surface area contributed by atoms with E-state index in [2.05, 4.69) is 10.6 Å². The lowest BCUT2D eigenvalue weighted by atomic mass is 9.79. The molecule has 46 heavy (non-hydrogen) atoms. The Labute approximate surface area is 276 Å². The Morgan fingerprint density at radius 1 is 0.609 bits per heavy atom. The molecule has 0 saturated carbocycles. The van der Waals surface area contributed by atoms with Gasteiger partial charge in [0, 0.05) is 38.2 Å². The van der Waals surface area contributed by atoms with E-state index in [0.29, 0.717) is 25.7 Å². The Hall–Kier alpha value is -2.96. The van der Waals surface area contributed by atoms with E-state index in [0.717, 1.165) is 12.8 Å². The van der Waals surface area contributed by atoms with Crippen molar-refractivity contribution in [3.05, 3.63) is 0 Å². The molecule has 3 amide bonds. The molecule has 0 aliphatic carbocycles. The molecule has 3 N–H and O–H groups in total. The maximum atomic E-state index is 13.5. The molecule has 0 aliphatic rings. The molecular formula is C33H63N3O10. The van der Waals surface area contributed by atoms with Gasteiger partial charge in [-0.2, -0.15) is 0 Å². The van der Waals surface area contributed by atoms with Crippen LogP contribution in [-0.4, -0.2) is 96.2 Å². The summed E-state index contributed by atoms with van der Waals surface area (Å²) in [5.41, 5.74) is -3.82. The standard InChI is InChI=1S/C33H63N3O10/c1-29(2,3)43-25(38)34-19-18-33(17-15-13-14-16-22-37,24-42-28(41)46-32(10,11)12)23-36(27(40)45-31(7,8)9)21-20-35-26(39)44-30(4,5)6/h37H,13-24H2,1-12H3,(H,34,38)(H,35,39). The minimum Gasteiger partial charge on any atom is -0.444 e. The maximum absolute atomic E-state index is 13.5. The highest BCUT2D eigenvalue weighted by Gasteiger charge is 2.37. The summed E-state index contributed by atoms with van der Waals surface area (Å²) in [5, 5.41) is 14.7. The minimum absolute atomic E-state index is 0.0732. The van der Waals surface area contributed by atoms with E-state index in [-0.39, 0.29) is 39.4 Å². The number of carbonyl (C=O) groups is 4. The largest absolute Gasteiger partial charge is 0.508 e. The number of aliphatic hydroxyl groups is 1. The molecule has 0 heterocycles. The average Bonchev–Trinajstić information content (AvgIpc) is 2.82. The zero-order chi connectivity index (χ0) is 35.8. The van der Waals surface area contributed by atoms with E-state index in [1.54, 1.807) is 83.1 Å². The van der Waals surface area contributed by atoms with Gasteiger partial charge >= 0.3 is 24.4 Å². The minimum atomic E-state index is -0.854. The first kappa shape index (κ1) is 43.0. The molecule has 0 aromatic carbocycles. The lowest BCUT2D eigenvalue weighted by Crippen LogP contribution is -2.49. The summed E-state index contributed by atoms with van der Waals surface area (Å²) in [7, 11) is 0. The fourth-order valence-electron chi connectivity index (χ4n) is 4.25. The number of hydrogen-bond acceptors (Lipinski definition) is 10. The van der Waals surface area contributed by atoms with E-state index in [1.807, 2.05) is 0 Å². The average molecular weight is 662 g/mol. The second-order valence-electron chi connectivity index (χ2n) is 15.7. The van der Waals surface area contributed by atoms with Crippen molar-refractivity contribution in [3.63, 3.8) is 0 Å². The van der Waals surface area contributed by atoms with Crippen molar-refractivity contribution in [1.29, 1.82) is 0 Å². The van der Waals surface area contributed by atoms with E-state index < -0.39 is 52.3 Å². The van der Waals surface area contributed by atoms with Crippen molar-refractivity contribution in [2.75, 3.05) is 39.4 Å². The first-order valence-corrected chi connectivity index (χ1v) is 16.2. The quantitative estimate of drug-likeness (QED) is 0.0940. The Bertz CT molecular complexity index is 945. The molecule has 0 radical (unpaired) electrons. The van der Waals surface area contributed by atoms with E-state index in [1.165, 1.54) is 4.90 Å². The third kappa shape index (κ3) is 23.4. The van der Waals surface area contributed by atoms with Crippen molar-refractivity contribution in [3.8, 4) is 0 Å². The highest BCUT2D eigenvalue weighted by molar-refractivity contribution is 5.69. The molecule has 0 rings (SSSR count). The second-order valence-corrected chi connectivity index (χ2v) is 15.7. The Balaban J connectivity index is 6.36. The summed E-state index contributed by atoms with van der Waals surface area (Å²) in [5.74, 6) is 0. The number of alkyl carbamates (subject to hydrolysis) is 2. The Morgan fingerprint density at radius 3 is 1.57 bits per heavy atom. The van der Waals surface area contributed by atoms with Crippen LogP contribution in [0.4, 0.5) is 19.2 Å². The molecular weight excluding hydrogens is 598 g/mol. The number of nitrogens with zero attached hydrogens (tertiary/aromatic N) is 1. The van der Waals surface area contributed by atoms with Gasteiger partial charge in [-0.05, 0) is 102 Å². The number of hydrogen-bond donors (Lipinski definition) is 3. The molecule has 0 aromatic rings. The molecule has 1 unspecified atom stereocenters. The van der Waals surface area contributed by atoms with Crippen LogP contribution >= 0.6 is 0 Å². The summed E-state index contributed by atoms with van der Waals surface area (Å²) in [6.45, 7) is 21.4. The number of unbranched alkanes of at least 4 members (excludes halogenated alkanes) is 3. The fraction of sp³-hybridized carbons (Fsp3) is 0.879. The predicted octanol–water partition coefficient (Wildman–Crippen LogP) is 6.54. The van der Waals surface area contributed by atoms with E-state index in [4.69, 9.17) is 23.7 Å². The molecule has 0 fully saturated rings. The normalized spacial score (nSPS) is 13.6. The summed E-state index contributed by atoms with van der Waals surface area (Å²) in [4.78, 5) is 52.5. The van der Waals surface area contributed by atoms with Crippen molar-refractivity contribution in [2.24, 2.45) is 5.41 Å². The van der Waals surface area contributed by atoms with Crippen LogP contribution in [0.3, 0.4) is 0 Å². The van der Waals surface area contributed by atoms with Gasteiger partial charge in [0.2, 0.25) is 0 Å². The van der Waals surface area contributed by atoms with Crippen LogP contribution in [0, 0.1) is 5.41 Å². The van der Waals surface area contributed by atoms with Gasteiger partial charge in [-0.1, -0.05) is 19.3 Å². The van der Waals surface area contributed by atoms with Gasteiger partial charge in [0.25, 0.3) is 0 Å². The number of rotatable bonds is 16. The molecule has 0 spiro atoms.